The van der Waals surface area contributed by atoms with E-state index in [2.05, 4.69) is 9.97 Å². The molecule has 0 aliphatic rings. The molecule has 3 aromatic rings. The lowest BCUT2D eigenvalue weighted by Crippen LogP contribution is -2.12. The first-order valence-corrected chi connectivity index (χ1v) is 7.37. The Hall–Kier alpha value is -1.75. The van der Waals surface area contributed by atoms with E-state index >= 15 is 0 Å². The lowest BCUT2D eigenvalue weighted by Gasteiger charge is -2.06. The maximum atomic E-state index is 6.20. The molecule has 1 aromatic carbocycles. The van der Waals surface area contributed by atoms with Crippen LogP contribution in [0.25, 0.3) is 11.3 Å². The largest absolute Gasteiger partial charge is 0.317 e. The zero-order valence-corrected chi connectivity index (χ0v) is 12.1. The van der Waals surface area contributed by atoms with Gasteiger partial charge in [0.15, 0.2) is 0 Å². The van der Waals surface area contributed by atoms with Gasteiger partial charge in [0.1, 0.15) is 5.01 Å². The van der Waals surface area contributed by atoms with E-state index < -0.39 is 0 Å². The molecule has 0 saturated carbocycles. The predicted molar refractivity (Wildman–Crippen MR) is 82.8 cm³/mol. The summed E-state index contributed by atoms with van der Waals surface area (Å²) in [6.07, 6.45) is 1.74. The molecule has 5 heteroatoms. The number of thiazole rings is 1. The number of hydrogen-bond acceptors (Lipinski definition) is 4. The van der Waals surface area contributed by atoms with E-state index in [4.69, 9.17) is 17.3 Å². The summed E-state index contributed by atoms with van der Waals surface area (Å²) in [4.78, 5) is 8.87. The van der Waals surface area contributed by atoms with Crippen molar-refractivity contribution in [2.24, 2.45) is 5.73 Å². The average Bonchev–Trinajstić information content (AvgIpc) is 2.98. The summed E-state index contributed by atoms with van der Waals surface area (Å²) in [5, 5.41) is 3.57. The van der Waals surface area contributed by atoms with Crippen molar-refractivity contribution in [1.82, 2.24) is 9.97 Å². The first-order chi connectivity index (χ1) is 9.74. The molecule has 2 aromatic heterocycles. The molecule has 0 aliphatic heterocycles. The van der Waals surface area contributed by atoms with Gasteiger partial charge in [0.2, 0.25) is 0 Å². The molecule has 0 fully saturated rings. The van der Waals surface area contributed by atoms with Crippen LogP contribution in [0.15, 0.2) is 54.0 Å². The topological polar surface area (TPSA) is 51.8 Å². The molecule has 3 nitrogen and oxygen atoms in total. The van der Waals surface area contributed by atoms with Crippen molar-refractivity contribution in [3.63, 3.8) is 0 Å². The number of pyridine rings is 1. The number of aromatic nitrogens is 2. The molecule has 2 heterocycles. The monoisotopic (exact) mass is 301 g/mol. The van der Waals surface area contributed by atoms with E-state index in [0.717, 1.165) is 27.0 Å². The maximum Gasteiger partial charge on any atom is 0.116 e. The van der Waals surface area contributed by atoms with Gasteiger partial charge in [-0.3, -0.25) is 4.98 Å². The normalized spacial score (nSPS) is 12.3. The second-order valence-corrected chi connectivity index (χ2v) is 5.64. The molecule has 0 spiro atoms. The Morgan fingerprint density at radius 2 is 1.90 bits per heavy atom. The molecule has 20 heavy (non-hydrogen) atoms. The van der Waals surface area contributed by atoms with E-state index in [1.54, 1.807) is 17.5 Å². The number of nitrogens with zero attached hydrogens (tertiary/aromatic N) is 2. The Kier molecular flexibility index (Phi) is 3.78. The van der Waals surface area contributed by atoms with Crippen molar-refractivity contribution >= 4 is 22.9 Å². The molecule has 1 atom stereocenters. The van der Waals surface area contributed by atoms with Gasteiger partial charge in [-0.05, 0) is 24.3 Å². The summed E-state index contributed by atoms with van der Waals surface area (Å²) < 4.78 is 0. The van der Waals surface area contributed by atoms with Gasteiger partial charge in [0, 0.05) is 22.2 Å². The number of halogens is 1. The highest BCUT2D eigenvalue weighted by Crippen LogP contribution is 2.27. The highest BCUT2D eigenvalue weighted by molar-refractivity contribution is 7.10. The lowest BCUT2D eigenvalue weighted by atomic mass is 10.2. The third-order valence-electron chi connectivity index (χ3n) is 2.93. The zero-order chi connectivity index (χ0) is 13.9. The van der Waals surface area contributed by atoms with Gasteiger partial charge in [-0.25, -0.2) is 4.98 Å². The van der Waals surface area contributed by atoms with Gasteiger partial charge in [-0.1, -0.05) is 29.8 Å². The van der Waals surface area contributed by atoms with Gasteiger partial charge in [-0.15, -0.1) is 11.3 Å². The third kappa shape index (κ3) is 2.72. The standard InChI is InChI=1S/C15H12ClN3S/c16-11-6-4-10(5-7-11)13-9-20-15(19-13)14(17)12-3-1-2-8-18-12/h1-9,14H,17H2. The minimum atomic E-state index is -0.290. The fourth-order valence-electron chi connectivity index (χ4n) is 1.87. The van der Waals surface area contributed by atoms with E-state index in [1.165, 1.54) is 0 Å². The summed E-state index contributed by atoms with van der Waals surface area (Å²) in [5.41, 5.74) is 8.96. The van der Waals surface area contributed by atoms with Crippen molar-refractivity contribution in [2.45, 2.75) is 6.04 Å². The zero-order valence-electron chi connectivity index (χ0n) is 10.5. The van der Waals surface area contributed by atoms with E-state index in [0.29, 0.717) is 0 Å². The minimum absolute atomic E-state index is 0.290. The summed E-state index contributed by atoms with van der Waals surface area (Å²) in [7, 11) is 0. The SMILES string of the molecule is NC(c1ccccn1)c1nc(-c2ccc(Cl)cc2)cs1. The van der Waals surface area contributed by atoms with Crippen LogP contribution >= 0.6 is 22.9 Å². The number of benzene rings is 1. The Morgan fingerprint density at radius 1 is 1.10 bits per heavy atom. The number of hydrogen-bond donors (Lipinski definition) is 1. The maximum absolute atomic E-state index is 6.20. The Bertz CT molecular complexity index is 695. The van der Waals surface area contributed by atoms with Gasteiger partial charge in [0.05, 0.1) is 17.4 Å². The van der Waals surface area contributed by atoms with Gasteiger partial charge in [0.25, 0.3) is 0 Å². The molecular weight excluding hydrogens is 290 g/mol. The van der Waals surface area contributed by atoms with Crippen molar-refractivity contribution in [3.05, 3.63) is 69.8 Å². The smallest absolute Gasteiger partial charge is 0.116 e. The predicted octanol–water partition coefficient (Wildman–Crippen LogP) is 3.91. The number of rotatable bonds is 3. The van der Waals surface area contributed by atoms with Crippen LogP contribution in [-0.2, 0) is 0 Å². The van der Waals surface area contributed by atoms with Crippen LogP contribution in [0.4, 0.5) is 0 Å². The van der Waals surface area contributed by atoms with Gasteiger partial charge in [-0.2, -0.15) is 0 Å². The highest BCUT2D eigenvalue weighted by atomic mass is 35.5. The fourth-order valence-corrected chi connectivity index (χ4v) is 2.84. The minimum Gasteiger partial charge on any atom is -0.317 e. The molecule has 0 amide bonds. The Balaban J connectivity index is 1.89. The molecule has 100 valence electrons. The van der Waals surface area contributed by atoms with Crippen LogP contribution in [0.5, 0.6) is 0 Å². The second kappa shape index (κ2) is 5.71. The Morgan fingerprint density at radius 3 is 2.60 bits per heavy atom. The van der Waals surface area contributed by atoms with Gasteiger partial charge < -0.3 is 5.73 Å². The van der Waals surface area contributed by atoms with Crippen LogP contribution in [0.1, 0.15) is 16.7 Å². The molecule has 1 unspecified atom stereocenters. The highest BCUT2D eigenvalue weighted by Gasteiger charge is 2.14. The number of nitrogens with two attached hydrogens (primary N) is 1. The van der Waals surface area contributed by atoms with Crippen molar-refractivity contribution < 1.29 is 0 Å². The van der Waals surface area contributed by atoms with Crippen molar-refractivity contribution in [2.75, 3.05) is 0 Å². The van der Waals surface area contributed by atoms with E-state index in [-0.39, 0.29) is 6.04 Å². The van der Waals surface area contributed by atoms with Crippen LogP contribution in [0, 0.1) is 0 Å². The fraction of sp³-hybridized carbons (Fsp3) is 0.0667. The quantitative estimate of drug-likeness (QED) is 0.798. The summed E-state index contributed by atoms with van der Waals surface area (Å²) in [5.74, 6) is 0. The summed E-state index contributed by atoms with van der Waals surface area (Å²) in [6, 6.07) is 13.0. The molecule has 2 N–H and O–H groups in total. The van der Waals surface area contributed by atoms with E-state index in [1.807, 2.05) is 47.8 Å². The molecule has 0 aliphatic carbocycles. The molecular formula is C15H12ClN3S. The molecule has 3 rings (SSSR count). The van der Waals surface area contributed by atoms with Crippen LogP contribution in [0.3, 0.4) is 0 Å². The molecule has 0 bridgehead atoms. The first-order valence-electron chi connectivity index (χ1n) is 6.12. The van der Waals surface area contributed by atoms with Crippen molar-refractivity contribution in [1.29, 1.82) is 0 Å². The summed E-state index contributed by atoms with van der Waals surface area (Å²) >= 11 is 7.43. The van der Waals surface area contributed by atoms with Crippen molar-refractivity contribution in [3.8, 4) is 11.3 Å². The summed E-state index contributed by atoms with van der Waals surface area (Å²) in [6.45, 7) is 0. The first kappa shape index (κ1) is 13.2. The van der Waals surface area contributed by atoms with Crippen LogP contribution in [0.2, 0.25) is 5.02 Å². The average molecular weight is 302 g/mol. The van der Waals surface area contributed by atoms with Crippen LogP contribution < -0.4 is 5.73 Å². The molecule has 0 saturated heterocycles. The second-order valence-electron chi connectivity index (χ2n) is 4.31. The Labute approximate surface area is 126 Å². The van der Waals surface area contributed by atoms with E-state index in [9.17, 15) is 0 Å². The lowest BCUT2D eigenvalue weighted by molar-refractivity contribution is 0.819. The van der Waals surface area contributed by atoms with Gasteiger partial charge >= 0.3 is 0 Å². The third-order valence-corrected chi connectivity index (χ3v) is 4.11. The van der Waals surface area contributed by atoms with Crippen LogP contribution in [-0.4, -0.2) is 9.97 Å². The molecule has 0 radical (unpaired) electrons.